The Hall–Kier alpha value is -1.12. The minimum Gasteiger partial charge on any atom is -0.476 e. The van der Waals surface area contributed by atoms with Crippen molar-refractivity contribution in [2.24, 2.45) is 5.92 Å². The monoisotopic (exact) mass is 371 g/mol. The molecule has 2 atom stereocenters. The Morgan fingerprint density at radius 3 is 2.92 bits per heavy atom. The smallest absolute Gasteiger partial charge is 0.355 e. The fourth-order valence-corrected chi connectivity index (χ4v) is 4.59. The van der Waals surface area contributed by atoms with Gasteiger partial charge in [0.15, 0.2) is 10.0 Å². The zero-order valence-corrected chi connectivity index (χ0v) is 16.0. The number of carbonyl (C=O) groups excluding carboxylic acids is 1. The number of likely N-dealkylation sites (tertiary alicyclic amines) is 1. The lowest BCUT2D eigenvalue weighted by Gasteiger charge is -2.30. The van der Waals surface area contributed by atoms with Crippen LogP contribution in [0.4, 0.5) is 0 Å². The lowest BCUT2D eigenvalue weighted by atomic mass is 10.1. The predicted octanol–water partition coefficient (Wildman–Crippen LogP) is 2.56. The third-order valence-corrected chi connectivity index (χ3v) is 6.06. The molecule has 134 valence electrons. The number of nitrogens with zero attached hydrogens (tertiary/aromatic N) is 2. The number of hydrogen-bond donors (Lipinski definition) is 2. The van der Waals surface area contributed by atoms with E-state index in [4.69, 9.17) is 5.11 Å². The number of hydrogen-bond acceptors (Lipinski definition) is 6. The van der Waals surface area contributed by atoms with Gasteiger partial charge in [0.1, 0.15) is 0 Å². The Morgan fingerprint density at radius 1 is 1.54 bits per heavy atom. The Bertz CT molecular complexity index is 577. The van der Waals surface area contributed by atoms with Gasteiger partial charge in [0, 0.05) is 36.2 Å². The summed E-state index contributed by atoms with van der Waals surface area (Å²) < 4.78 is 0.738. The van der Waals surface area contributed by atoms with E-state index in [0.717, 1.165) is 23.1 Å². The van der Waals surface area contributed by atoms with Gasteiger partial charge < -0.3 is 15.3 Å². The summed E-state index contributed by atoms with van der Waals surface area (Å²) >= 11 is 2.84. The van der Waals surface area contributed by atoms with Crippen molar-refractivity contribution in [2.45, 2.75) is 50.0 Å². The number of amides is 1. The van der Waals surface area contributed by atoms with Crippen molar-refractivity contribution >= 4 is 35.0 Å². The first-order chi connectivity index (χ1) is 11.4. The molecule has 1 aromatic heterocycles. The summed E-state index contributed by atoms with van der Waals surface area (Å²) in [6.07, 6.45) is 1.51. The van der Waals surface area contributed by atoms with Crippen LogP contribution >= 0.6 is 23.1 Å². The molecule has 2 heterocycles. The van der Waals surface area contributed by atoms with Crippen LogP contribution in [-0.2, 0) is 4.79 Å². The Morgan fingerprint density at radius 2 is 2.29 bits per heavy atom. The maximum Gasteiger partial charge on any atom is 0.355 e. The van der Waals surface area contributed by atoms with Crippen LogP contribution in [-0.4, -0.2) is 57.8 Å². The third kappa shape index (κ3) is 5.19. The van der Waals surface area contributed by atoms with Gasteiger partial charge in [-0.1, -0.05) is 25.6 Å². The average Bonchev–Trinajstić information content (AvgIpc) is 3.13. The summed E-state index contributed by atoms with van der Waals surface area (Å²) in [5, 5.41) is 14.0. The van der Waals surface area contributed by atoms with Crippen LogP contribution in [0.5, 0.6) is 0 Å². The highest BCUT2D eigenvalue weighted by Gasteiger charge is 2.34. The van der Waals surface area contributed by atoms with Crippen LogP contribution in [0.25, 0.3) is 0 Å². The Kier molecular flexibility index (Phi) is 7.06. The molecule has 1 unspecified atom stereocenters. The predicted molar refractivity (Wildman–Crippen MR) is 96.8 cm³/mol. The normalized spacial score (nSPS) is 19.2. The summed E-state index contributed by atoms with van der Waals surface area (Å²) in [4.78, 5) is 29.0. The molecule has 2 N–H and O–H groups in total. The quantitative estimate of drug-likeness (QED) is 0.649. The number of thiazole rings is 1. The molecule has 1 aliphatic heterocycles. The molecule has 24 heavy (non-hydrogen) atoms. The molecule has 1 amide bonds. The van der Waals surface area contributed by atoms with Crippen LogP contribution in [0, 0.1) is 5.92 Å². The molecular formula is C16H25N3O3S2. The molecule has 1 saturated heterocycles. The fourth-order valence-electron chi connectivity index (χ4n) is 2.78. The topological polar surface area (TPSA) is 82.5 Å². The summed E-state index contributed by atoms with van der Waals surface area (Å²) in [5.74, 6) is 0.523. The molecule has 8 heteroatoms. The van der Waals surface area contributed by atoms with Crippen molar-refractivity contribution in [2.75, 3.05) is 18.8 Å². The van der Waals surface area contributed by atoms with E-state index in [1.54, 1.807) is 5.38 Å². The van der Waals surface area contributed by atoms with Crippen LogP contribution in [0.3, 0.4) is 0 Å². The molecule has 0 spiro atoms. The van der Waals surface area contributed by atoms with Crippen LogP contribution in [0.1, 0.15) is 44.1 Å². The fraction of sp³-hybridized carbons (Fsp3) is 0.688. The van der Waals surface area contributed by atoms with Gasteiger partial charge >= 0.3 is 5.97 Å². The van der Waals surface area contributed by atoms with E-state index in [2.05, 4.69) is 31.1 Å². The maximum atomic E-state index is 12.2. The third-order valence-electron chi connectivity index (χ3n) is 4.06. The van der Waals surface area contributed by atoms with Crippen molar-refractivity contribution in [3.8, 4) is 0 Å². The zero-order valence-electron chi connectivity index (χ0n) is 14.3. The second-order valence-electron chi connectivity index (χ2n) is 6.44. The second-order valence-corrected chi connectivity index (χ2v) is 8.64. The molecule has 1 fully saturated rings. The van der Waals surface area contributed by atoms with E-state index in [1.807, 2.05) is 4.90 Å². The summed E-state index contributed by atoms with van der Waals surface area (Å²) in [7, 11) is 0. The number of rotatable bonds is 9. The lowest BCUT2D eigenvalue weighted by Crippen LogP contribution is -2.48. The number of carbonyl (C=O) groups is 2. The van der Waals surface area contributed by atoms with Gasteiger partial charge in [-0.05, 0) is 25.8 Å². The van der Waals surface area contributed by atoms with Crippen molar-refractivity contribution in [3.05, 3.63) is 11.1 Å². The highest BCUT2D eigenvalue weighted by Crippen LogP contribution is 2.26. The number of carboxylic acid groups (broad SMARTS) is 1. The molecule has 0 saturated carbocycles. The minimum absolute atomic E-state index is 0.0872. The van der Waals surface area contributed by atoms with E-state index in [1.165, 1.54) is 23.1 Å². The first-order valence-corrected chi connectivity index (χ1v) is 10.1. The Labute approximate surface area is 151 Å². The van der Waals surface area contributed by atoms with Crippen molar-refractivity contribution in [1.82, 2.24) is 15.2 Å². The summed E-state index contributed by atoms with van der Waals surface area (Å²) in [6, 6.07) is 0.519. The first kappa shape index (κ1) is 19.2. The largest absolute Gasteiger partial charge is 0.476 e. The van der Waals surface area contributed by atoms with Crippen molar-refractivity contribution in [1.29, 1.82) is 0 Å². The van der Waals surface area contributed by atoms with E-state index < -0.39 is 5.97 Å². The molecule has 0 aliphatic carbocycles. The SMILES string of the molecule is CC(C)CNC(C)[C@H]1CCC(=O)N1CCSc1nc(C(=O)O)cs1. The molecule has 1 aliphatic rings. The van der Waals surface area contributed by atoms with Gasteiger partial charge in [0.25, 0.3) is 0 Å². The first-order valence-electron chi connectivity index (χ1n) is 8.23. The number of thioether (sulfide) groups is 1. The molecule has 0 bridgehead atoms. The van der Waals surface area contributed by atoms with Gasteiger partial charge in [-0.25, -0.2) is 9.78 Å². The van der Waals surface area contributed by atoms with Crippen molar-refractivity contribution in [3.63, 3.8) is 0 Å². The maximum absolute atomic E-state index is 12.2. The Balaban J connectivity index is 1.84. The minimum atomic E-state index is -1.00. The number of aromatic carboxylic acids is 1. The number of carboxylic acids is 1. The van der Waals surface area contributed by atoms with Crippen LogP contribution < -0.4 is 5.32 Å². The molecular weight excluding hydrogens is 346 g/mol. The molecule has 0 radical (unpaired) electrons. The van der Waals surface area contributed by atoms with Gasteiger partial charge in [0.05, 0.1) is 0 Å². The molecule has 0 aromatic carbocycles. The highest BCUT2D eigenvalue weighted by atomic mass is 32.2. The molecule has 2 rings (SSSR count). The lowest BCUT2D eigenvalue weighted by molar-refractivity contribution is -0.129. The van der Waals surface area contributed by atoms with Gasteiger partial charge in [-0.15, -0.1) is 11.3 Å². The number of aromatic nitrogens is 1. The second kappa shape index (κ2) is 8.82. The standard InChI is InChI=1S/C16H25N3O3S2/c1-10(2)8-17-11(3)13-4-5-14(20)19(13)6-7-23-16-18-12(9-24-16)15(21)22/h9-11,13,17H,4-8H2,1-3H3,(H,21,22)/t11?,13-/m1/s1. The summed E-state index contributed by atoms with van der Waals surface area (Å²) in [6.45, 7) is 8.11. The summed E-state index contributed by atoms with van der Waals surface area (Å²) in [5.41, 5.74) is 0.0872. The van der Waals surface area contributed by atoms with Crippen LogP contribution in [0.15, 0.2) is 9.72 Å². The van der Waals surface area contributed by atoms with E-state index in [-0.39, 0.29) is 23.7 Å². The van der Waals surface area contributed by atoms with E-state index in [0.29, 0.717) is 18.9 Å². The number of nitrogens with one attached hydrogen (secondary N) is 1. The van der Waals surface area contributed by atoms with Crippen LogP contribution in [0.2, 0.25) is 0 Å². The van der Waals surface area contributed by atoms with E-state index in [9.17, 15) is 9.59 Å². The van der Waals surface area contributed by atoms with Crippen molar-refractivity contribution < 1.29 is 14.7 Å². The highest BCUT2D eigenvalue weighted by molar-refractivity contribution is 8.01. The molecule has 6 nitrogen and oxygen atoms in total. The average molecular weight is 372 g/mol. The van der Waals surface area contributed by atoms with E-state index >= 15 is 0 Å². The van der Waals surface area contributed by atoms with Gasteiger partial charge in [0.2, 0.25) is 5.91 Å². The van der Waals surface area contributed by atoms with Gasteiger partial charge in [-0.3, -0.25) is 4.79 Å². The molecule has 1 aromatic rings. The zero-order chi connectivity index (χ0) is 17.7. The van der Waals surface area contributed by atoms with Gasteiger partial charge in [-0.2, -0.15) is 0 Å².